The van der Waals surface area contributed by atoms with Gasteiger partial charge in [-0.15, -0.1) is 0 Å². The van der Waals surface area contributed by atoms with E-state index in [1.807, 2.05) is 35.9 Å². The van der Waals surface area contributed by atoms with Crippen LogP contribution in [0.3, 0.4) is 0 Å². The molecule has 5 nitrogen and oxygen atoms in total. The second-order valence-corrected chi connectivity index (χ2v) is 5.82. The minimum Gasteiger partial charge on any atom is -0.465 e. The number of nitrogens with zero attached hydrogens (tertiary/aromatic N) is 2. The van der Waals surface area contributed by atoms with Gasteiger partial charge >= 0.3 is 5.97 Å². The molecule has 5 heteroatoms. The Balaban J connectivity index is 1.78. The van der Waals surface area contributed by atoms with Gasteiger partial charge in [-0.05, 0) is 36.8 Å². The minimum absolute atomic E-state index is 0.115. The summed E-state index contributed by atoms with van der Waals surface area (Å²) in [7, 11) is 1.38. The van der Waals surface area contributed by atoms with Crippen LogP contribution in [-0.2, 0) is 4.74 Å². The topological polar surface area (TPSA) is 56.1 Å². The van der Waals surface area contributed by atoms with Crippen molar-refractivity contribution in [3.8, 4) is 11.3 Å². The van der Waals surface area contributed by atoms with Gasteiger partial charge in [0.15, 0.2) is 0 Å². The lowest BCUT2D eigenvalue weighted by Gasteiger charge is -2.29. The average Bonchev–Trinajstić information content (AvgIpc) is 3.02. The third-order valence-corrected chi connectivity index (χ3v) is 4.25. The van der Waals surface area contributed by atoms with Gasteiger partial charge in [-0.25, -0.2) is 9.48 Å². The molecule has 2 heterocycles. The Bertz CT molecular complexity index is 913. The number of aryl methyl sites for hydroxylation is 1. The summed E-state index contributed by atoms with van der Waals surface area (Å²) >= 11 is 0. The van der Waals surface area contributed by atoms with Crippen LogP contribution in [0.5, 0.6) is 0 Å². The minimum atomic E-state index is -0.334. The molecule has 0 bridgehead atoms. The van der Waals surface area contributed by atoms with Crippen molar-refractivity contribution in [2.24, 2.45) is 0 Å². The molecule has 0 saturated carbocycles. The number of carbonyl (C=O) groups excluding carboxylic acids is 1. The number of ether oxygens (including phenoxy) is 1. The number of aromatic nitrogens is 2. The zero-order valence-electron chi connectivity index (χ0n) is 13.5. The summed E-state index contributed by atoms with van der Waals surface area (Å²) in [6.45, 7) is 1.99. The second kappa shape index (κ2) is 5.53. The Kier molecular flexibility index (Phi) is 3.34. The van der Waals surface area contributed by atoms with Crippen molar-refractivity contribution in [3.63, 3.8) is 0 Å². The molecule has 1 aliphatic heterocycles. The fourth-order valence-corrected chi connectivity index (χ4v) is 3.10. The van der Waals surface area contributed by atoms with Crippen LogP contribution in [0, 0.1) is 6.92 Å². The van der Waals surface area contributed by atoms with Gasteiger partial charge in [-0.3, -0.25) is 0 Å². The van der Waals surface area contributed by atoms with Crippen molar-refractivity contribution >= 4 is 11.7 Å². The Morgan fingerprint density at radius 2 is 1.92 bits per heavy atom. The van der Waals surface area contributed by atoms with E-state index >= 15 is 0 Å². The van der Waals surface area contributed by atoms with Crippen LogP contribution >= 0.6 is 0 Å². The average molecular weight is 319 g/mol. The van der Waals surface area contributed by atoms with Crippen LogP contribution < -0.4 is 5.32 Å². The number of benzene rings is 2. The van der Waals surface area contributed by atoms with E-state index < -0.39 is 0 Å². The van der Waals surface area contributed by atoms with Gasteiger partial charge in [0.25, 0.3) is 0 Å². The van der Waals surface area contributed by atoms with E-state index in [4.69, 9.17) is 4.74 Å². The Labute approximate surface area is 139 Å². The molecular weight excluding hydrogens is 302 g/mol. The zero-order chi connectivity index (χ0) is 16.7. The van der Waals surface area contributed by atoms with E-state index in [-0.39, 0.29) is 12.1 Å². The summed E-state index contributed by atoms with van der Waals surface area (Å²) in [5.41, 5.74) is 5.84. The first-order chi connectivity index (χ1) is 11.7. The summed E-state index contributed by atoms with van der Waals surface area (Å²) in [5, 5.41) is 8.17. The fourth-order valence-electron chi connectivity index (χ4n) is 3.10. The lowest BCUT2D eigenvalue weighted by atomic mass is 10.0. The number of nitrogens with one attached hydrogen (secondary N) is 1. The quantitative estimate of drug-likeness (QED) is 0.733. The molecule has 3 aromatic rings. The van der Waals surface area contributed by atoms with E-state index in [0.29, 0.717) is 5.56 Å². The molecular formula is C19H17N3O2. The molecule has 0 spiro atoms. The molecule has 2 aromatic carbocycles. The summed E-state index contributed by atoms with van der Waals surface area (Å²) in [6, 6.07) is 17.7. The predicted octanol–water partition coefficient (Wildman–Crippen LogP) is 3.62. The summed E-state index contributed by atoms with van der Waals surface area (Å²) in [6.07, 6.45) is -0.115. The highest BCUT2D eigenvalue weighted by Gasteiger charge is 2.26. The van der Waals surface area contributed by atoms with E-state index in [0.717, 1.165) is 28.2 Å². The number of rotatable bonds is 2. The maximum Gasteiger partial charge on any atom is 0.337 e. The van der Waals surface area contributed by atoms with Crippen LogP contribution in [0.25, 0.3) is 11.3 Å². The van der Waals surface area contributed by atoms with Crippen molar-refractivity contribution in [1.82, 2.24) is 9.78 Å². The molecule has 0 saturated heterocycles. The number of carbonyl (C=O) groups is 1. The van der Waals surface area contributed by atoms with Crippen LogP contribution in [-0.4, -0.2) is 22.9 Å². The van der Waals surface area contributed by atoms with Crippen molar-refractivity contribution in [1.29, 1.82) is 0 Å². The highest BCUT2D eigenvalue weighted by molar-refractivity contribution is 5.89. The molecule has 0 fully saturated rings. The van der Waals surface area contributed by atoms with Crippen LogP contribution in [0.4, 0.5) is 5.69 Å². The first-order valence-electron chi connectivity index (χ1n) is 7.78. The Hall–Kier alpha value is -3.08. The highest BCUT2D eigenvalue weighted by Crippen LogP contribution is 2.38. The molecule has 4 rings (SSSR count). The lowest BCUT2D eigenvalue weighted by molar-refractivity contribution is 0.0600. The summed E-state index contributed by atoms with van der Waals surface area (Å²) in [4.78, 5) is 11.6. The summed E-state index contributed by atoms with van der Waals surface area (Å²) in [5.74, 6) is -0.334. The second-order valence-electron chi connectivity index (χ2n) is 5.82. The van der Waals surface area contributed by atoms with Crippen molar-refractivity contribution in [2.75, 3.05) is 12.4 Å². The molecule has 120 valence electrons. The number of hydrogen-bond donors (Lipinski definition) is 1. The van der Waals surface area contributed by atoms with Gasteiger partial charge in [0.2, 0.25) is 0 Å². The number of fused-ring (bicyclic) bond motifs is 3. The van der Waals surface area contributed by atoms with E-state index in [2.05, 4.69) is 28.6 Å². The molecule has 0 radical (unpaired) electrons. The third-order valence-electron chi connectivity index (χ3n) is 4.25. The van der Waals surface area contributed by atoms with Crippen LogP contribution in [0.1, 0.15) is 27.8 Å². The van der Waals surface area contributed by atoms with Gasteiger partial charge in [0, 0.05) is 11.3 Å². The van der Waals surface area contributed by atoms with Crippen LogP contribution in [0.15, 0.2) is 54.6 Å². The largest absolute Gasteiger partial charge is 0.465 e. The van der Waals surface area contributed by atoms with Gasteiger partial charge in [-0.2, -0.15) is 5.10 Å². The van der Waals surface area contributed by atoms with Crippen molar-refractivity contribution < 1.29 is 9.53 Å². The number of esters is 1. The summed E-state index contributed by atoms with van der Waals surface area (Å²) < 4.78 is 6.75. The molecule has 1 N–H and O–H groups in total. The molecule has 24 heavy (non-hydrogen) atoms. The van der Waals surface area contributed by atoms with Crippen molar-refractivity contribution in [2.45, 2.75) is 13.1 Å². The third kappa shape index (κ3) is 2.25. The number of hydrogen-bond acceptors (Lipinski definition) is 4. The maximum atomic E-state index is 11.6. The van der Waals surface area contributed by atoms with Gasteiger partial charge in [0.1, 0.15) is 6.17 Å². The highest BCUT2D eigenvalue weighted by atomic mass is 16.5. The smallest absolute Gasteiger partial charge is 0.337 e. The van der Waals surface area contributed by atoms with E-state index in [1.54, 1.807) is 12.1 Å². The lowest BCUT2D eigenvalue weighted by Crippen LogP contribution is -2.25. The molecule has 0 amide bonds. The van der Waals surface area contributed by atoms with E-state index in [9.17, 15) is 4.79 Å². The van der Waals surface area contributed by atoms with Crippen molar-refractivity contribution in [3.05, 3.63) is 71.4 Å². The molecule has 1 atom stereocenters. The fraction of sp³-hybridized carbons (Fsp3) is 0.158. The zero-order valence-corrected chi connectivity index (χ0v) is 13.5. The molecule has 1 aliphatic rings. The number of para-hydroxylation sites is 1. The van der Waals surface area contributed by atoms with Gasteiger partial charge in [0.05, 0.1) is 24.1 Å². The molecule has 0 aliphatic carbocycles. The Morgan fingerprint density at radius 1 is 1.17 bits per heavy atom. The molecule has 0 unspecified atom stereocenters. The van der Waals surface area contributed by atoms with Gasteiger partial charge < -0.3 is 10.1 Å². The molecule has 1 aromatic heterocycles. The SMILES string of the molecule is COC(=O)c1ccc([C@H]2Nc3ccccc3-c3cc(C)nn32)cc1. The first-order valence-corrected chi connectivity index (χ1v) is 7.78. The number of anilines is 1. The normalized spacial score (nSPS) is 15.2. The first kappa shape index (κ1) is 14.5. The van der Waals surface area contributed by atoms with E-state index in [1.165, 1.54) is 7.11 Å². The standard InChI is InChI=1S/C19H17N3O2/c1-12-11-17-15-5-3-4-6-16(15)20-18(22(17)21-12)13-7-9-14(10-8-13)19(23)24-2/h3-11,18,20H,1-2H3/t18-/m0/s1. The van der Waals surface area contributed by atoms with Gasteiger partial charge in [-0.1, -0.05) is 30.3 Å². The van der Waals surface area contributed by atoms with Crippen LogP contribution in [0.2, 0.25) is 0 Å². The monoisotopic (exact) mass is 319 g/mol. The predicted molar refractivity (Wildman–Crippen MR) is 91.9 cm³/mol. The Morgan fingerprint density at radius 3 is 2.67 bits per heavy atom. The number of methoxy groups -OCH3 is 1. The maximum absolute atomic E-state index is 11.6.